The first kappa shape index (κ1) is 13.5. The molecule has 1 amide bonds. The van der Waals surface area contributed by atoms with Crippen molar-refractivity contribution in [1.29, 1.82) is 0 Å². The molecule has 1 aliphatic rings. The van der Waals surface area contributed by atoms with E-state index < -0.39 is 4.92 Å². The summed E-state index contributed by atoms with van der Waals surface area (Å²) in [6.07, 6.45) is 0. The first-order chi connectivity index (χ1) is 9.00. The number of nitro groups is 1. The van der Waals surface area contributed by atoms with E-state index in [1.807, 2.05) is 18.7 Å². The molecule has 1 N–H and O–H groups in total. The minimum absolute atomic E-state index is 0.00189. The number of nitro benzene ring substituents is 1. The van der Waals surface area contributed by atoms with E-state index >= 15 is 0 Å². The molecule has 2 atom stereocenters. The van der Waals surface area contributed by atoms with E-state index in [4.69, 9.17) is 0 Å². The zero-order valence-corrected chi connectivity index (χ0v) is 11.0. The molecule has 0 aliphatic carbocycles. The van der Waals surface area contributed by atoms with Gasteiger partial charge in [0.1, 0.15) is 0 Å². The van der Waals surface area contributed by atoms with E-state index in [0.717, 1.165) is 13.1 Å². The molecule has 2 rings (SSSR count). The van der Waals surface area contributed by atoms with Gasteiger partial charge in [-0.05, 0) is 26.0 Å². The smallest absolute Gasteiger partial charge is 0.269 e. The Labute approximate surface area is 111 Å². The van der Waals surface area contributed by atoms with Crippen molar-refractivity contribution in [3.63, 3.8) is 0 Å². The monoisotopic (exact) mass is 263 g/mol. The molecule has 0 spiro atoms. The van der Waals surface area contributed by atoms with Crippen LogP contribution in [-0.2, 0) is 0 Å². The maximum atomic E-state index is 12.4. The third kappa shape index (κ3) is 2.73. The van der Waals surface area contributed by atoms with Crippen LogP contribution in [0.25, 0.3) is 0 Å². The minimum atomic E-state index is -0.468. The van der Waals surface area contributed by atoms with Gasteiger partial charge in [0.2, 0.25) is 0 Å². The molecule has 0 radical (unpaired) electrons. The molecule has 6 nitrogen and oxygen atoms in total. The van der Waals surface area contributed by atoms with Crippen LogP contribution in [0.5, 0.6) is 0 Å². The molecule has 0 unspecified atom stereocenters. The molecule has 0 aromatic heterocycles. The second-order valence-corrected chi connectivity index (χ2v) is 4.87. The van der Waals surface area contributed by atoms with Crippen molar-refractivity contribution >= 4 is 11.6 Å². The summed E-state index contributed by atoms with van der Waals surface area (Å²) < 4.78 is 0. The lowest BCUT2D eigenvalue weighted by atomic mass is 10.1. The van der Waals surface area contributed by atoms with Gasteiger partial charge >= 0.3 is 0 Å². The van der Waals surface area contributed by atoms with Gasteiger partial charge in [-0.25, -0.2) is 0 Å². The van der Waals surface area contributed by atoms with Crippen molar-refractivity contribution in [1.82, 2.24) is 10.2 Å². The van der Waals surface area contributed by atoms with Gasteiger partial charge in [0.15, 0.2) is 0 Å². The highest BCUT2D eigenvalue weighted by atomic mass is 16.6. The Hall–Kier alpha value is -1.95. The third-order valence-electron chi connectivity index (χ3n) is 3.39. The Morgan fingerprint density at radius 2 is 1.79 bits per heavy atom. The molecular weight excluding hydrogens is 246 g/mol. The first-order valence-electron chi connectivity index (χ1n) is 6.28. The molecule has 102 valence electrons. The number of carbonyl (C=O) groups is 1. The zero-order valence-electron chi connectivity index (χ0n) is 11.0. The number of hydrogen-bond donors (Lipinski definition) is 1. The van der Waals surface area contributed by atoms with Crippen LogP contribution in [0.1, 0.15) is 24.2 Å². The lowest BCUT2D eigenvalue weighted by molar-refractivity contribution is -0.384. The summed E-state index contributed by atoms with van der Waals surface area (Å²) in [5, 5.41) is 13.9. The van der Waals surface area contributed by atoms with Crippen LogP contribution in [-0.4, -0.2) is 40.9 Å². The number of piperazine rings is 1. The number of non-ortho nitro benzene ring substituents is 1. The normalized spacial score (nSPS) is 23.2. The fourth-order valence-electron chi connectivity index (χ4n) is 2.41. The second-order valence-electron chi connectivity index (χ2n) is 4.87. The summed E-state index contributed by atoms with van der Waals surface area (Å²) >= 11 is 0. The van der Waals surface area contributed by atoms with Gasteiger partial charge in [-0.2, -0.15) is 0 Å². The lowest BCUT2D eigenvalue weighted by Crippen LogP contribution is -2.57. The van der Waals surface area contributed by atoms with Crippen LogP contribution < -0.4 is 5.32 Å². The average molecular weight is 263 g/mol. The van der Waals surface area contributed by atoms with Gasteiger partial charge in [0.05, 0.1) is 4.92 Å². The number of amides is 1. The van der Waals surface area contributed by atoms with Gasteiger partial charge in [0, 0.05) is 42.9 Å². The van der Waals surface area contributed by atoms with Crippen molar-refractivity contribution < 1.29 is 9.72 Å². The number of benzene rings is 1. The standard InChI is InChI=1S/C13H17N3O3/c1-9-7-14-8-10(2)15(9)13(17)11-3-5-12(6-4-11)16(18)19/h3-6,9-10,14H,7-8H2,1-2H3/t9-,10+. The van der Waals surface area contributed by atoms with E-state index in [1.54, 1.807) is 0 Å². The van der Waals surface area contributed by atoms with Crippen molar-refractivity contribution in [2.24, 2.45) is 0 Å². The summed E-state index contributed by atoms with van der Waals surface area (Å²) in [5.41, 5.74) is 0.490. The topological polar surface area (TPSA) is 75.5 Å². The molecule has 0 saturated carbocycles. The molecule has 1 fully saturated rings. The third-order valence-corrected chi connectivity index (χ3v) is 3.39. The predicted octanol–water partition coefficient (Wildman–Crippen LogP) is 1.42. The van der Waals surface area contributed by atoms with Gasteiger partial charge in [-0.3, -0.25) is 14.9 Å². The Bertz CT molecular complexity index is 476. The molecule has 1 saturated heterocycles. The summed E-state index contributed by atoms with van der Waals surface area (Å²) in [6, 6.07) is 6.00. The van der Waals surface area contributed by atoms with E-state index in [-0.39, 0.29) is 23.7 Å². The van der Waals surface area contributed by atoms with Crippen LogP contribution >= 0.6 is 0 Å². The fraction of sp³-hybridized carbons (Fsp3) is 0.462. The predicted molar refractivity (Wildman–Crippen MR) is 71.1 cm³/mol. The number of hydrogen-bond acceptors (Lipinski definition) is 4. The van der Waals surface area contributed by atoms with Crippen LogP contribution in [0.4, 0.5) is 5.69 Å². The largest absolute Gasteiger partial charge is 0.331 e. The van der Waals surface area contributed by atoms with Crippen LogP contribution in [0.15, 0.2) is 24.3 Å². The minimum Gasteiger partial charge on any atom is -0.331 e. The van der Waals surface area contributed by atoms with Crippen molar-refractivity contribution in [2.75, 3.05) is 13.1 Å². The highest BCUT2D eigenvalue weighted by Crippen LogP contribution is 2.17. The maximum Gasteiger partial charge on any atom is 0.269 e. The Kier molecular flexibility index (Phi) is 3.80. The van der Waals surface area contributed by atoms with Gasteiger partial charge in [-0.1, -0.05) is 0 Å². The first-order valence-corrected chi connectivity index (χ1v) is 6.28. The molecule has 0 bridgehead atoms. The summed E-state index contributed by atoms with van der Waals surface area (Å²) in [7, 11) is 0. The summed E-state index contributed by atoms with van der Waals surface area (Å²) in [5.74, 6) is -0.0728. The SMILES string of the molecule is C[C@@H]1CNC[C@H](C)N1C(=O)c1ccc([N+](=O)[O-])cc1. The zero-order chi connectivity index (χ0) is 14.0. The summed E-state index contributed by atoms with van der Waals surface area (Å²) in [4.78, 5) is 24.4. The number of nitrogens with one attached hydrogen (secondary N) is 1. The van der Waals surface area contributed by atoms with Crippen LogP contribution in [0.2, 0.25) is 0 Å². The van der Waals surface area contributed by atoms with Gasteiger partial charge in [0.25, 0.3) is 11.6 Å². The maximum absolute atomic E-state index is 12.4. The van der Waals surface area contributed by atoms with Crippen molar-refractivity contribution in [2.45, 2.75) is 25.9 Å². The highest BCUT2D eigenvalue weighted by Gasteiger charge is 2.29. The molecule has 1 aliphatic heterocycles. The summed E-state index contributed by atoms with van der Waals surface area (Å²) in [6.45, 7) is 5.52. The lowest BCUT2D eigenvalue weighted by Gasteiger charge is -2.39. The molecule has 1 aromatic rings. The molecule has 6 heteroatoms. The Morgan fingerprint density at radius 3 is 2.26 bits per heavy atom. The van der Waals surface area contributed by atoms with E-state index in [0.29, 0.717) is 5.56 Å². The fourth-order valence-corrected chi connectivity index (χ4v) is 2.41. The molecule has 19 heavy (non-hydrogen) atoms. The number of carbonyl (C=O) groups excluding carboxylic acids is 1. The molecular formula is C13H17N3O3. The average Bonchev–Trinajstić information content (AvgIpc) is 2.38. The van der Waals surface area contributed by atoms with E-state index in [9.17, 15) is 14.9 Å². The van der Waals surface area contributed by atoms with E-state index in [2.05, 4.69) is 5.32 Å². The van der Waals surface area contributed by atoms with Gasteiger partial charge in [-0.15, -0.1) is 0 Å². The molecule has 1 aromatic carbocycles. The second kappa shape index (κ2) is 5.36. The number of nitrogens with zero attached hydrogens (tertiary/aromatic N) is 2. The van der Waals surface area contributed by atoms with E-state index in [1.165, 1.54) is 24.3 Å². The number of rotatable bonds is 2. The molecule has 1 heterocycles. The van der Waals surface area contributed by atoms with Crippen molar-refractivity contribution in [3.05, 3.63) is 39.9 Å². The quantitative estimate of drug-likeness (QED) is 0.646. The Morgan fingerprint density at radius 1 is 1.26 bits per heavy atom. The van der Waals surface area contributed by atoms with Crippen LogP contribution in [0.3, 0.4) is 0 Å². The van der Waals surface area contributed by atoms with Crippen LogP contribution in [0, 0.1) is 10.1 Å². The van der Waals surface area contributed by atoms with Crippen molar-refractivity contribution in [3.8, 4) is 0 Å². The van der Waals surface area contributed by atoms with Gasteiger partial charge < -0.3 is 10.2 Å². The highest BCUT2D eigenvalue weighted by molar-refractivity contribution is 5.95. The Balaban J connectivity index is 2.20.